The number of carboxylic acids is 1. The first-order valence-corrected chi connectivity index (χ1v) is 16.1. The number of nitrogens with one attached hydrogen (secondary N) is 1. The topological polar surface area (TPSA) is 146 Å². The predicted octanol–water partition coefficient (Wildman–Crippen LogP) is 4.15. The molecule has 4 aromatic rings. The van der Waals surface area contributed by atoms with Gasteiger partial charge >= 0.3 is 11.9 Å². The van der Waals surface area contributed by atoms with Crippen LogP contribution in [0.2, 0.25) is 0 Å². The molecule has 2 fully saturated rings. The highest BCUT2D eigenvalue weighted by atomic mass is 16.6. The first-order valence-electron chi connectivity index (χ1n) is 16.1. The number of hydrogen-bond donors (Lipinski definition) is 4. The molecule has 10 heteroatoms. The molecule has 4 aromatic carbocycles. The summed E-state index contributed by atoms with van der Waals surface area (Å²) in [5.41, 5.74) is 1.68. The molecule has 3 aliphatic rings. The van der Waals surface area contributed by atoms with Crippen LogP contribution in [0.25, 0.3) is 0 Å². The second-order valence-corrected chi connectivity index (χ2v) is 12.2. The van der Waals surface area contributed by atoms with Crippen LogP contribution in [0.4, 0.5) is 5.69 Å². The first-order chi connectivity index (χ1) is 23.9. The minimum atomic E-state index is -1.80. The van der Waals surface area contributed by atoms with E-state index in [1.54, 1.807) is 42.5 Å². The fourth-order valence-electron chi connectivity index (χ4n) is 7.78. The van der Waals surface area contributed by atoms with Gasteiger partial charge in [0.25, 0.3) is 0 Å². The van der Waals surface area contributed by atoms with Crippen molar-refractivity contribution in [3.8, 4) is 17.6 Å². The Labute approximate surface area is 282 Å². The van der Waals surface area contributed by atoms with E-state index in [0.29, 0.717) is 28.1 Å². The predicted molar refractivity (Wildman–Crippen MR) is 178 cm³/mol. The smallest absolute Gasteiger partial charge is 0.325 e. The Morgan fingerprint density at radius 2 is 1.55 bits per heavy atom. The number of nitrogens with zero attached hydrogens (tertiary/aromatic N) is 1. The Morgan fingerprint density at radius 3 is 2.20 bits per heavy atom. The van der Waals surface area contributed by atoms with Gasteiger partial charge in [0, 0.05) is 17.7 Å². The standard InChI is InChI=1S/C39H34N2O8/c42-20-8-7-9-24-14-19-30-29(23-24)39(38(47)40-30)31(36(44)45)33-37(46)49-34(26-12-5-2-6-13-26)32(25-10-3-1-4-11-25)41(33)35(39)27-15-17-28(18-16-27)48-22-21-43/h1-6,10-19,23,31-35,42-43H,8,20-22H2,(H,40,47)(H,44,45)/t31-,32-,33-,34+,35+,39-/m1/s1. The number of esters is 1. The van der Waals surface area contributed by atoms with Gasteiger partial charge in [-0.2, -0.15) is 0 Å². The average molecular weight is 659 g/mol. The van der Waals surface area contributed by atoms with Crippen LogP contribution in [0, 0.1) is 17.8 Å². The van der Waals surface area contributed by atoms with Crippen LogP contribution in [-0.4, -0.2) is 63.9 Å². The summed E-state index contributed by atoms with van der Waals surface area (Å²) in [5, 5.41) is 32.7. The van der Waals surface area contributed by atoms with Gasteiger partial charge in [0.15, 0.2) is 0 Å². The highest BCUT2D eigenvalue weighted by Crippen LogP contribution is 2.64. The molecule has 3 aliphatic heterocycles. The Morgan fingerprint density at radius 1 is 0.857 bits per heavy atom. The summed E-state index contributed by atoms with van der Waals surface area (Å²) >= 11 is 0. The van der Waals surface area contributed by atoms with E-state index in [2.05, 4.69) is 17.2 Å². The van der Waals surface area contributed by atoms with Gasteiger partial charge in [-0.05, 0) is 52.6 Å². The van der Waals surface area contributed by atoms with Crippen molar-refractivity contribution in [3.05, 3.63) is 131 Å². The van der Waals surface area contributed by atoms with Gasteiger partial charge in [0.2, 0.25) is 5.91 Å². The van der Waals surface area contributed by atoms with Crippen molar-refractivity contribution in [2.75, 3.05) is 25.1 Å². The van der Waals surface area contributed by atoms with Crippen LogP contribution in [-0.2, 0) is 24.5 Å². The third kappa shape index (κ3) is 5.33. The Bertz CT molecular complexity index is 1940. The number of cyclic esters (lactones) is 1. The lowest BCUT2D eigenvalue weighted by Crippen LogP contribution is -2.52. The largest absolute Gasteiger partial charge is 0.491 e. The normalized spacial score (nSPS) is 25.5. The number of aliphatic hydroxyl groups is 2. The fourth-order valence-corrected chi connectivity index (χ4v) is 7.78. The molecule has 49 heavy (non-hydrogen) atoms. The van der Waals surface area contributed by atoms with Gasteiger partial charge in [-0.15, -0.1) is 0 Å². The van der Waals surface area contributed by atoms with Crippen LogP contribution in [0.1, 0.15) is 52.4 Å². The highest BCUT2D eigenvalue weighted by molar-refractivity contribution is 6.11. The lowest BCUT2D eigenvalue weighted by atomic mass is 9.65. The number of anilines is 1. The number of carboxylic acid groups (broad SMARTS) is 1. The number of hydrogen-bond acceptors (Lipinski definition) is 8. The molecule has 0 aliphatic carbocycles. The number of aliphatic hydroxyl groups excluding tert-OH is 2. The Kier molecular flexibility index (Phi) is 8.65. The van der Waals surface area contributed by atoms with E-state index in [4.69, 9.17) is 9.47 Å². The number of carbonyl (C=O) groups excluding carboxylic acids is 2. The second-order valence-electron chi connectivity index (χ2n) is 12.2. The summed E-state index contributed by atoms with van der Waals surface area (Å²) in [6.07, 6.45) is -0.586. The number of fused-ring (bicyclic) bond motifs is 3. The molecule has 0 saturated carbocycles. The molecule has 2 saturated heterocycles. The lowest BCUT2D eigenvalue weighted by Gasteiger charge is -2.46. The van der Waals surface area contributed by atoms with Crippen LogP contribution in [0.5, 0.6) is 5.75 Å². The number of carbonyl (C=O) groups is 3. The monoisotopic (exact) mass is 658 g/mol. The zero-order valence-electron chi connectivity index (χ0n) is 26.4. The van der Waals surface area contributed by atoms with Gasteiger partial charge < -0.3 is 30.1 Å². The summed E-state index contributed by atoms with van der Waals surface area (Å²) < 4.78 is 11.9. The van der Waals surface area contributed by atoms with Crippen molar-refractivity contribution in [1.82, 2.24) is 4.90 Å². The molecular formula is C39H34N2O8. The summed E-state index contributed by atoms with van der Waals surface area (Å²) in [4.78, 5) is 44.6. The molecule has 7 rings (SSSR count). The molecule has 1 amide bonds. The van der Waals surface area contributed by atoms with E-state index >= 15 is 0 Å². The highest BCUT2D eigenvalue weighted by Gasteiger charge is 2.74. The first kappa shape index (κ1) is 32.1. The van der Waals surface area contributed by atoms with E-state index in [-0.39, 0.29) is 26.2 Å². The third-order valence-electron chi connectivity index (χ3n) is 9.60. The van der Waals surface area contributed by atoms with Crippen LogP contribution in [0.15, 0.2) is 103 Å². The van der Waals surface area contributed by atoms with Gasteiger partial charge in [-0.1, -0.05) is 84.6 Å². The summed E-state index contributed by atoms with van der Waals surface area (Å²) in [6.45, 7) is -0.213. The van der Waals surface area contributed by atoms with Gasteiger partial charge in [0.05, 0.1) is 25.3 Å². The van der Waals surface area contributed by atoms with Gasteiger partial charge in [-0.25, -0.2) is 0 Å². The molecule has 0 unspecified atom stereocenters. The van der Waals surface area contributed by atoms with Gasteiger partial charge in [-0.3, -0.25) is 19.3 Å². The second kappa shape index (κ2) is 13.2. The number of ether oxygens (including phenoxy) is 2. The van der Waals surface area contributed by atoms with Crippen LogP contribution < -0.4 is 10.1 Å². The van der Waals surface area contributed by atoms with Crippen molar-refractivity contribution in [2.24, 2.45) is 5.92 Å². The van der Waals surface area contributed by atoms with Crippen LogP contribution in [0.3, 0.4) is 0 Å². The quantitative estimate of drug-likeness (QED) is 0.162. The SMILES string of the molecule is O=C1O[C@@H](c2ccccc2)[C@@H](c2ccccc2)N2[C@@H](c3ccc(OCCO)cc3)[C@]3(C(=O)Nc4ccc(C#CCCO)cc43)[C@@H](C(=O)O)[C@H]12. The molecule has 6 atom stereocenters. The molecule has 10 nitrogen and oxygen atoms in total. The van der Waals surface area contributed by atoms with Crippen molar-refractivity contribution in [3.63, 3.8) is 0 Å². The number of benzene rings is 4. The number of rotatable bonds is 8. The number of amides is 1. The molecule has 0 radical (unpaired) electrons. The van der Waals surface area contributed by atoms with Gasteiger partial charge in [0.1, 0.15) is 35.8 Å². The Balaban J connectivity index is 1.52. The number of morpholine rings is 1. The van der Waals surface area contributed by atoms with Crippen molar-refractivity contribution < 1.29 is 39.2 Å². The maximum atomic E-state index is 14.7. The van der Waals surface area contributed by atoms with Crippen molar-refractivity contribution in [2.45, 2.75) is 36.1 Å². The van der Waals surface area contributed by atoms with Crippen molar-refractivity contribution >= 4 is 23.5 Å². The van der Waals surface area contributed by atoms with E-state index in [1.807, 2.05) is 65.6 Å². The fraction of sp³-hybridized carbons (Fsp3) is 0.256. The summed E-state index contributed by atoms with van der Waals surface area (Å²) in [5.74, 6) is 2.24. The summed E-state index contributed by atoms with van der Waals surface area (Å²) in [6, 6.07) is 27.9. The summed E-state index contributed by atoms with van der Waals surface area (Å²) in [7, 11) is 0. The van der Waals surface area contributed by atoms with E-state index < -0.39 is 53.4 Å². The zero-order valence-corrected chi connectivity index (χ0v) is 26.4. The van der Waals surface area contributed by atoms with E-state index in [1.165, 1.54) is 0 Å². The molecule has 4 N–H and O–H groups in total. The zero-order chi connectivity index (χ0) is 34.1. The molecule has 0 bridgehead atoms. The average Bonchev–Trinajstić information content (AvgIpc) is 3.60. The third-order valence-corrected chi connectivity index (χ3v) is 9.60. The van der Waals surface area contributed by atoms with Crippen LogP contribution >= 0.6 is 0 Å². The number of aliphatic carboxylic acids is 1. The lowest BCUT2D eigenvalue weighted by molar-refractivity contribution is -0.179. The van der Waals surface area contributed by atoms with E-state index in [9.17, 15) is 29.7 Å². The molecule has 1 spiro atoms. The minimum absolute atomic E-state index is 0.0819. The molecule has 3 heterocycles. The Hall–Kier alpha value is -5.47. The maximum absolute atomic E-state index is 14.7. The molecular weight excluding hydrogens is 624 g/mol. The minimum Gasteiger partial charge on any atom is -0.491 e. The van der Waals surface area contributed by atoms with E-state index in [0.717, 1.165) is 11.1 Å². The van der Waals surface area contributed by atoms with Crippen molar-refractivity contribution in [1.29, 1.82) is 0 Å². The molecule has 248 valence electrons. The molecule has 0 aromatic heterocycles. The maximum Gasteiger partial charge on any atom is 0.325 e.